The standard InChI is InChI=1S/C12H25NO2S/c1-4-8-16(14,15)12-9-10(3)6-7-11(12)13-5-2/h10-13H,4-9H2,1-3H3. The Kier molecular flexibility index (Phi) is 5.25. The van der Waals surface area contributed by atoms with Crippen molar-refractivity contribution in [2.45, 2.75) is 57.7 Å². The van der Waals surface area contributed by atoms with E-state index in [9.17, 15) is 8.42 Å². The van der Waals surface area contributed by atoms with Crippen molar-refractivity contribution in [3.63, 3.8) is 0 Å². The molecule has 0 radical (unpaired) electrons. The first-order chi connectivity index (χ1) is 7.51. The highest BCUT2D eigenvalue weighted by atomic mass is 32.2. The summed E-state index contributed by atoms with van der Waals surface area (Å²) in [7, 11) is -2.90. The molecule has 4 heteroatoms. The van der Waals surface area contributed by atoms with Crippen LogP contribution < -0.4 is 5.32 Å². The molecule has 1 rings (SSSR count). The fourth-order valence-corrected chi connectivity index (χ4v) is 4.88. The van der Waals surface area contributed by atoms with Gasteiger partial charge in [-0.25, -0.2) is 8.42 Å². The summed E-state index contributed by atoms with van der Waals surface area (Å²) in [6, 6.07) is 0.178. The minimum absolute atomic E-state index is 0.156. The van der Waals surface area contributed by atoms with Crippen molar-refractivity contribution in [3.8, 4) is 0 Å². The number of sulfone groups is 1. The molecule has 0 aromatic rings. The lowest BCUT2D eigenvalue weighted by Crippen LogP contribution is -2.48. The highest BCUT2D eigenvalue weighted by Crippen LogP contribution is 2.29. The van der Waals surface area contributed by atoms with E-state index in [0.717, 1.165) is 32.2 Å². The molecule has 16 heavy (non-hydrogen) atoms. The van der Waals surface area contributed by atoms with Gasteiger partial charge in [0.25, 0.3) is 0 Å². The van der Waals surface area contributed by atoms with E-state index in [0.29, 0.717) is 11.7 Å². The van der Waals surface area contributed by atoms with Crippen LogP contribution in [0.15, 0.2) is 0 Å². The lowest BCUT2D eigenvalue weighted by Gasteiger charge is -2.34. The Morgan fingerprint density at radius 1 is 1.25 bits per heavy atom. The van der Waals surface area contributed by atoms with E-state index in [-0.39, 0.29) is 11.3 Å². The van der Waals surface area contributed by atoms with Gasteiger partial charge in [0.1, 0.15) is 0 Å². The summed E-state index contributed by atoms with van der Waals surface area (Å²) in [5, 5.41) is 3.18. The van der Waals surface area contributed by atoms with Crippen LogP contribution in [0, 0.1) is 5.92 Å². The Morgan fingerprint density at radius 3 is 2.50 bits per heavy atom. The zero-order valence-corrected chi connectivity index (χ0v) is 11.5. The topological polar surface area (TPSA) is 46.2 Å². The predicted molar refractivity (Wildman–Crippen MR) is 68.3 cm³/mol. The summed E-state index contributed by atoms with van der Waals surface area (Å²) in [6.07, 6.45) is 3.71. The van der Waals surface area contributed by atoms with Gasteiger partial charge < -0.3 is 5.32 Å². The summed E-state index contributed by atoms with van der Waals surface area (Å²) in [5.74, 6) is 0.887. The van der Waals surface area contributed by atoms with Crippen molar-refractivity contribution in [2.24, 2.45) is 5.92 Å². The SMILES string of the molecule is CCCS(=O)(=O)C1CC(C)CCC1NCC. The van der Waals surface area contributed by atoms with Crippen molar-refractivity contribution in [3.05, 3.63) is 0 Å². The van der Waals surface area contributed by atoms with Gasteiger partial charge in [0, 0.05) is 6.04 Å². The molecule has 3 unspecified atom stereocenters. The number of hydrogen-bond acceptors (Lipinski definition) is 3. The maximum absolute atomic E-state index is 12.2. The van der Waals surface area contributed by atoms with Crippen molar-refractivity contribution in [1.82, 2.24) is 5.32 Å². The van der Waals surface area contributed by atoms with Gasteiger partial charge in [-0.1, -0.05) is 20.8 Å². The molecule has 1 aliphatic rings. The van der Waals surface area contributed by atoms with Crippen LogP contribution in [0.5, 0.6) is 0 Å². The molecule has 1 aliphatic carbocycles. The first-order valence-corrected chi connectivity index (χ1v) is 8.17. The maximum Gasteiger partial charge on any atom is 0.154 e. The van der Waals surface area contributed by atoms with Crippen LogP contribution in [0.3, 0.4) is 0 Å². The second-order valence-corrected chi connectivity index (χ2v) is 7.33. The minimum atomic E-state index is -2.90. The van der Waals surface area contributed by atoms with Crippen molar-refractivity contribution in [2.75, 3.05) is 12.3 Å². The van der Waals surface area contributed by atoms with E-state index >= 15 is 0 Å². The molecule has 1 saturated carbocycles. The van der Waals surface area contributed by atoms with E-state index in [2.05, 4.69) is 12.2 Å². The van der Waals surface area contributed by atoms with E-state index in [1.165, 1.54) is 0 Å². The Morgan fingerprint density at radius 2 is 1.94 bits per heavy atom. The smallest absolute Gasteiger partial charge is 0.154 e. The first-order valence-electron chi connectivity index (χ1n) is 6.46. The normalized spacial score (nSPS) is 31.6. The highest BCUT2D eigenvalue weighted by molar-refractivity contribution is 7.92. The number of hydrogen-bond donors (Lipinski definition) is 1. The summed E-state index contributed by atoms with van der Waals surface area (Å²) >= 11 is 0. The van der Waals surface area contributed by atoms with Crippen molar-refractivity contribution < 1.29 is 8.42 Å². The van der Waals surface area contributed by atoms with E-state index in [4.69, 9.17) is 0 Å². The number of rotatable bonds is 5. The zero-order valence-electron chi connectivity index (χ0n) is 10.7. The van der Waals surface area contributed by atoms with Gasteiger partial charge >= 0.3 is 0 Å². The van der Waals surface area contributed by atoms with Crippen LogP contribution in [-0.4, -0.2) is 32.0 Å². The maximum atomic E-state index is 12.2. The van der Waals surface area contributed by atoms with E-state index in [1.54, 1.807) is 0 Å². The van der Waals surface area contributed by atoms with Crippen LogP contribution in [-0.2, 0) is 9.84 Å². The molecule has 0 aromatic heterocycles. The molecule has 0 bridgehead atoms. The zero-order chi connectivity index (χ0) is 12.2. The number of nitrogens with one attached hydrogen (secondary N) is 1. The molecule has 0 aliphatic heterocycles. The summed E-state index contributed by atoms with van der Waals surface area (Å²) in [4.78, 5) is 0. The van der Waals surface area contributed by atoms with Gasteiger partial charge in [0.05, 0.1) is 11.0 Å². The second kappa shape index (κ2) is 6.01. The minimum Gasteiger partial charge on any atom is -0.313 e. The molecule has 0 aromatic carbocycles. The Hall–Kier alpha value is -0.0900. The van der Waals surface area contributed by atoms with Gasteiger partial charge in [0.15, 0.2) is 9.84 Å². The van der Waals surface area contributed by atoms with Crippen LogP contribution in [0.4, 0.5) is 0 Å². The van der Waals surface area contributed by atoms with Gasteiger partial charge in [0.2, 0.25) is 0 Å². The Balaban J connectivity index is 2.78. The van der Waals surface area contributed by atoms with E-state index in [1.807, 2.05) is 13.8 Å². The van der Waals surface area contributed by atoms with Gasteiger partial charge in [-0.3, -0.25) is 0 Å². The molecular weight excluding hydrogens is 222 g/mol. The largest absolute Gasteiger partial charge is 0.313 e. The average Bonchev–Trinajstić information content (AvgIpc) is 2.21. The monoisotopic (exact) mass is 247 g/mol. The molecule has 0 spiro atoms. The summed E-state index contributed by atoms with van der Waals surface area (Å²) in [6.45, 7) is 7.00. The highest BCUT2D eigenvalue weighted by Gasteiger charge is 2.36. The van der Waals surface area contributed by atoms with Crippen molar-refractivity contribution in [1.29, 1.82) is 0 Å². The van der Waals surface area contributed by atoms with Crippen LogP contribution in [0.1, 0.15) is 46.5 Å². The van der Waals surface area contributed by atoms with E-state index < -0.39 is 9.84 Å². The average molecular weight is 247 g/mol. The summed E-state index contributed by atoms with van der Waals surface area (Å²) < 4.78 is 24.4. The lowest BCUT2D eigenvalue weighted by atomic mass is 9.87. The molecule has 0 amide bonds. The Labute approximate surface area is 99.9 Å². The first kappa shape index (κ1) is 14.0. The molecular formula is C12H25NO2S. The third kappa shape index (κ3) is 3.45. The van der Waals surface area contributed by atoms with Crippen LogP contribution in [0.2, 0.25) is 0 Å². The van der Waals surface area contributed by atoms with Crippen molar-refractivity contribution >= 4 is 9.84 Å². The fraction of sp³-hybridized carbons (Fsp3) is 1.00. The third-order valence-corrected chi connectivity index (χ3v) is 5.89. The molecule has 0 saturated heterocycles. The molecule has 3 nitrogen and oxygen atoms in total. The van der Waals surface area contributed by atoms with Gasteiger partial charge in [-0.05, 0) is 38.1 Å². The van der Waals surface area contributed by atoms with Crippen LogP contribution >= 0.6 is 0 Å². The second-order valence-electron chi connectivity index (χ2n) is 4.99. The lowest BCUT2D eigenvalue weighted by molar-refractivity contribution is 0.311. The quantitative estimate of drug-likeness (QED) is 0.808. The Bertz CT molecular complexity index is 300. The van der Waals surface area contributed by atoms with Gasteiger partial charge in [-0.15, -0.1) is 0 Å². The molecule has 1 fully saturated rings. The molecule has 96 valence electrons. The van der Waals surface area contributed by atoms with Gasteiger partial charge in [-0.2, -0.15) is 0 Å². The third-order valence-electron chi connectivity index (χ3n) is 3.47. The van der Waals surface area contributed by atoms with Crippen LogP contribution in [0.25, 0.3) is 0 Å². The fourth-order valence-electron chi connectivity index (χ4n) is 2.66. The summed E-state index contributed by atoms with van der Waals surface area (Å²) in [5.41, 5.74) is 0. The molecule has 0 heterocycles. The predicted octanol–water partition coefficient (Wildman–Crippen LogP) is 1.98. The molecule has 1 N–H and O–H groups in total. The molecule has 3 atom stereocenters.